The number of hydrogen-bond acceptors (Lipinski definition) is 7. The quantitative estimate of drug-likeness (QED) is 0.241. The van der Waals surface area contributed by atoms with Crippen LogP contribution in [0.2, 0.25) is 23.3 Å². The molecule has 3 heterocycles. The van der Waals surface area contributed by atoms with Crippen LogP contribution < -0.4 is 9.64 Å². The second kappa shape index (κ2) is 8.89. The molecule has 2 atom stereocenters. The normalized spacial score (nSPS) is 18.3. The first-order valence-corrected chi connectivity index (χ1v) is 14.9. The first-order chi connectivity index (χ1) is 15.0. The molecule has 1 aliphatic heterocycles. The molecule has 0 spiro atoms. The molecule has 184 valence electrons. The van der Waals surface area contributed by atoms with Gasteiger partial charge >= 0.3 is 6.18 Å². The summed E-state index contributed by atoms with van der Waals surface area (Å²) < 4.78 is 80.5. The fraction of sp³-hybridized carbons (Fsp3) is 0.632. The average Bonchev–Trinajstić information content (AvgIpc) is 2.82. The van der Waals surface area contributed by atoms with Crippen LogP contribution >= 0.6 is 11.6 Å². The lowest BCUT2D eigenvalue weighted by molar-refractivity contribution is -0.154. The van der Waals surface area contributed by atoms with Crippen molar-refractivity contribution in [2.75, 3.05) is 30.9 Å². The Balaban J connectivity index is 2.17. The molecule has 3 rings (SSSR count). The van der Waals surface area contributed by atoms with Gasteiger partial charge < -0.3 is 14.1 Å². The van der Waals surface area contributed by atoms with E-state index in [-0.39, 0.29) is 40.4 Å². The Hall–Kier alpha value is -1.57. The molecule has 7 nitrogen and oxygen atoms in total. The molecular weight excluding hydrogens is 504 g/mol. The van der Waals surface area contributed by atoms with Crippen molar-refractivity contribution in [1.29, 1.82) is 0 Å². The number of pyridine rings is 1. The van der Waals surface area contributed by atoms with Crippen molar-refractivity contribution in [3.8, 4) is 5.88 Å². The topological polar surface area (TPSA) is 77.4 Å². The molecular formula is C19H25ClF4N4O3SSi. The number of ether oxygens (including phenoxy) is 1. The highest BCUT2D eigenvalue weighted by molar-refractivity contribution is 7.84. The van der Waals surface area contributed by atoms with E-state index in [1.807, 2.05) is 33.9 Å². The zero-order valence-corrected chi connectivity index (χ0v) is 21.6. The van der Waals surface area contributed by atoms with E-state index in [4.69, 9.17) is 20.8 Å². The molecule has 0 aromatic carbocycles. The number of aromatic nitrogens is 3. The Bertz CT molecular complexity index is 1100. The highest BCUT2D eigenvalue weighted by Crippen LogP contribution is 2.41. The summed E-state index contributed by atoms with van der Waals surface area (Å²) in [6.45, 7) is 8.95. The van der Waals surface area contributed by atoms with Crippen LogP contribution in [0.1, 0.15) is 20.8 Å². The van der Waals surface area contributed by atoms with Crippen LogP contribution in [0.5, 0.6) is 5.88 Å². The van der Waals surface area contributed by atoms with Gasteiger partial charge in [0, 0.05) is 12.8 Å². The third-order valence-corrected chi connectivity index (χ3v) is 11.4. The Labute approximate surface area is 197 Å². The van der Waals surface area contributed by atoms with E-state index >= 15 is 0 Å². The Morgan fingerprint density at radius 3 is 2.42 bits per heavy atom. The summed E-state index contributed by atoms with van der Waals surface area (Å²) in [5.41, 5.74) is -0.404. The summed E-state index contributed by atoms with van der Waals surface area (Å²) in [6, 6.07) is -2.13. The lowest BCUT2D eigenvalue weighted by Gasteiger charge is -2.38. The molecule has 0 fully saturated rings. The summed E-state index contributed by atoms with van der Waals surface area (Å²) in [5.74, 6) is -1.65. The van der Waals surface area contributed by atoms with Gasteiger partial charge in [0.15, 0.2) is 25.3 Å². The van der Waals surface area contributed by atoms with E-state index in [2.05, 4.69) is 15.0 Å². The zero-order chi connectivity index (χ0) is 24.9. The van der Waals surface area contributed by atoms with E-state index in [1.165, 1.54) is 6.26 Å². The van der Waals surface area contributed by atoms with Crippen LogP contribution in [0.25, 0.3) is 10.9 Å². The highest BCUT2D eigenvalue weighted by atomic mass is 35.5. The zero-order valence-electron chi connectivity index (χ0n) is 19.0. The Morgan fingerprint density at radius 2 is 1.88 bits per heavy atom. The van der Waals surface area contributed by atoms with E-state index in [9.17, 15) is 21.8 Å². The first-order valence-electron chi connectivity index (χ1n) is 10.0. The molecule has 0 radical (unpaired) electrons. The molecule has 0 bridgehead atoms. The largest absolute Gasteiger partial charge is 0.474 e. The van der Waals surface area contributed by atoms with Crippen LogP contribution in [-0.4, -0.2) is 65.7 Å². The summed E-state index contributed by atoms with van der Waals surface area (Å²) in [7, 11) is -4.06. The molecule has 33 heavy (non-hydrogen) atoms. The number of anilines is 1. The molecule has 0 saturated heterocycles. The predicted octanol–water partition coefficient (Wildman–Crippen LogP) is 4.71. The lowest BCUT2D eigenvalue weighted by atomic mass is 10.2. The standard InChI is InChI=1S/C19H25ClF4N4O3SSi/c1-18(2,3)33(5,6)31-8-7-28-10(19(22,23)24)9-30-16-11-13(12(21)14(20)26-16)25-17(32(4)29)27-15(11)28/h10H,7-9H2,1-6H3. The fourth-order valence-corrected chi connectivity index (χ4v) is 4.70. The number of rotatable bonds is 5. The Kier molecular flexibility index (Phi) is 7.02. The Morgan fingerprint density at radius 1 is 1.24 bits per heavy atom. The lowest BCUT2D eigenvalue weighted by Crippen LogP contribution is -2.51. The molecule has 0 N–H and O–H groups in total. The van der Waals surface area contributed by atoms with Gasteiger partial charge in [-0.25, -0.2) is 14.4 Å². The van der Waals surface area contributed by atoms with Crippen LogP contribution in [-0.2, 0) is 15.2 Å². The van der Waals surface area contributed by atoms with Gasteiger partial charge in [-0.2, -0.15) is 18.2 Å². The predicted molar refractivity (Wildman–Crippen MR) is 120 cm³/mol. The van der Waals surface area contributed by atoms with E-state index in [0.29, 0.717) is 0 Å². The maximum Gasteiger partial charge on any atom is 0.412 e. The van der Waals surface area contributed by atoms with Gasteiger partial charge in [-0.3, -0.25) is 4.21 Å². The minimum absolute atomic E-state index is 0.0298. The minimum Gasteiger partial charge on any atom is -0.474 e. The number of halogens is 5. The molecule has 0 amide bonds. The van der Waals surface area contributed by atoms with Crippen LogP contribution in [0, 0.1) is 5.82 Å². The van der Waals surface area contributed by atoms with Crippen LogP contribution in [0.4, 0.5) is 23.4 Å². The van der Waals surface area contributed by atoms with Crippen molar-refractivity contribution in [1.82, 2.24) is 15.0 Å². The SMILES string of the molecule is CS(=O)c1nc2c3c(nc(Cl)c(F)c3n1)OCC(C(F)(F)F)N2CCO[Si](C)(C)C(C)(C)C. The third-order valence-electron chi connectivity index (χ3n) is 5.93. The average molecular weight is 529 g/mol. The number of nitrogens with zero attached hydrogens (tertiary/aromatic N) is 4. The van der Waals surface area contributed by atoms with Crippen molar-refractivity contribution < 1.29 is 30.9 Å². The molecule has 2 aromatic rings. The van der Waals surface area contributed by atoms with Crippen molar-refractivity contribution in [3.05, 3.63) is 11.0 Å². The molecule has 2 aromatic heterocycles. The monoisotopic (exact) mass is 528 g/mol. The van der Waals surface area contributed by atoms with Gasteiger partial charge in [0.2, 0.25) is 11.0 Å². The second-order valence-electron chi connectivity index (χ2n) is 9.20. The summed E-state index contributed by atoms with van der Waals surface area (Å²) in [6.07, 6.45) is -3.47. The number of hydrogen-bond donors (Lipinski definition) is 0. The van der Waals surface area contributed by atoms with Gasteiger partial charge in [-0.05, 0) is 18.1 Å². The summed E-state index contributed by atoms with van der Waals surface area (Å²) in [5, 5.41) is -1.26. The summed E-state index contributed by atoms with van der Waals surface area (Å²) in [4.78, 5) is 12.7. The second-order valence-corrected chi connectivity index (χ2v) is 15.6. The highest BCUT2D eigenvalue weighted by Gasteiger charge is 2.48. The molecule has 0 aliphatic carbocycles. The van der Waals surface area contributed by atoms with Gasteiger partial charge in [0.1, 0.15) is 23.3 Å². The van der Waals surface area contributed by atoms with Gasteiger partial charge in [0.05, 0.1) is 17.4 Å². The maximum atomic E-state index is 14.8. The van der Waals surface area contributed by atoms with Crippen molar-refractivity contribution >= 4 is 47.4 Å². The van der Waals surface area contributed by atoms with Crippen molar-refractivity contribution in [2.24, 2.45) is 0 Å². The molecule has 2 unspecified atom stereocenters. The first kappa shape index (κ1) is 26.0. The molecule has 0 saturated carbocycles. The number of alkyl halides is 3. The van der Waals surface area contributed by atoms with E-state index in [0.717, 1.165) is 4.90 Å². The molecule has 1 aliphatic rings. The minimum atomic E-state index is -4.72. The van der Waals surface area contributed by atoms with Gasteiger partial charge in [-0.15, -0.1) is 0 Å². The van der Waals surface area contributed by atoms with Crippen LogP contribution in [0.3, 0.4) is 0 Å². The molecule has 14 heteroatoms. The van der Waals surface area contributed by atoms with Crippen LogP contribution in [0.15, 0.2) is 5.16 Å². The smallest absolute Gasteiger partial charge is 0.412 e. The van der Waals surface area contributed by atoms with E-state index < -0.39 is 54.4 Å². The summed E-state index contributed by atoms with van der Waals surface area (Å²) >= 11 is 5.82. The van der Waals surface area contributed by atoms with Gasteiger partial charge in [0.25, 0.3) is 0 Å². The fourth-order valence-electron chi connectivity index (χ4n) is 3.06. The third kappa shape index (κ3) is 5.10. The van der Waals surface area contributed by atoms with E-state index in [1.54, 1.807) is 0 Å². The maximum absolute atomic E-state index is 14.8. The van der Waals surface area contributed by atoms with Crippen molar-refractivity contribution in [3.63, 3.8) is 0 Å². The van der Waals surface area contributed by atoms with Crippen molar-refractivity contribution in [2.45, 2.75) is 56.3 Å². The van der Waals surface area contributed by atoms with Gasteiger partial charge in [-0.1, -0.05) is 32.4 Å².